The topological polar surface area (TPSA) is 38.7 Å². The number of halogens is 1. The summed E-state index contributed by atoms with van der Waals surface area (Å²) in [5.41, 5.74) is 0.889. The Bertz CT molecular complexity index is 481. The maximum Gasteiger partial charge on any atom is 0.162 e. The van der Waals surface area contributed by atoms with Crippen LogP contribution in [-0.4, -0.2) is 18.3 Å². The Hall–Kier alpha value is -0.740. The van der Waals surface area contributed by atoms with Gasteiger partial charge >= 0.3 is 0 Å². The van der Waals surface area contributed by atoms with Crippen molar-refractivity contribution >= 4 is 15.9 Å². The largest absolute Gasteiger partial charge is 0.486 e. The smallest absolute Gasteiger partial charge is 0.162 e. The first kappa shape index (κ1) is 13.3. The lowest BCUT2D eigenvalue weighted by Gasteiger charge is -2.31. The summed E-state index contributed by atoms with van der Waals surface area (Å²) in [6.45, 7) is 3.33. The van der Waals surface area contributed by atoms with Crippen LogP contribution in [0.4, 0.5) is 0 Å². The van der Waals surface area contributed by atoms with Crippen LogP contribution in [0.1, 0.15) is 44.3 Å². The molecule has 0 aromatic heterocycles. The van der Waals surface area contributed by atoms with Gasteiger partial charge in [0.2, 0.25) is 0 Å². The van der Waals surface area contributed by atoms with Gasteiger partial charge in [0.05, 0.1) is 6.10 Å². The minimum atomic E-state index is -0.458. The summed E-state index contributed by atoms with van der Waals surface area (Å²) in [6, 6.07) is 3.83. The van der Waals surface area contributed by atoms with Crippen LogP contribution in [0.25, 0.3) is 0 Å². The van der Waals surface area contributed by atoms with Crippen molar-refractivity contribution in [3.05, 3.63) is 22.2 Å². The molecule has 1 aliphatic carbocycles. The van der Waals surface area contributed by atoms with Crippen LogP contribution >= 0.6 is 15.9 Å². The molecule has 104 valence electrons. The van der Waals surface area contributed by atoms with Gasteiger partial charge in [0.25, 0.3) is 0 Å². The van der Waals surface area contributed by atoms with Crippen molar-refractivity contribution in [1.29, 1.82) is 0 Å². The third-order valence-corrected chi connectivity index (χ3v) is 5.05. The van der Waals surface area contributed by atoms with E-state index in [2.05, 4.69) is 22.9 Å². The number of hydrogen-bond donors (Lipinski definition) is 1. The molecule has 0 amide bonds. The van der Waals surface area contributed by atoms with E-state index in [0.29, 0.717) is 13.2 Å². The molecule has 1 atom stereocenters. The lowest BCUT2D eigenvalue weighted by molar-refractivity contribution is 0.0397. The average Bonchev–Trinajstić information content (AvgIpc) is 2.85. The first-order valence-corrected chi connectivity index (χ1v) is 7.66. The van der Waals surface area contributed by atoms with Crippen LogP contribution < -0.4 is 9.47 Å². The third-order valence-electron chi connectivity index (χ3n) is 4.36. The van der Waals surface area contributed by atoms with E-state index in [1.54, 1.807) is 0 Å². The van der Waals surface area contributed by atoms with Crippen molar-refractivity contribution in [2.24, 2.45) is 5.41 Å². The van der Waals surface area contributed by atoms with Crippen LogP contribution in [0.15, 0.2) is 16.6 Å². The summed E-state index contributed by atoms with van der Waals surface area (Å²) < 4.78 is 12.1. The second-order valence-corrected chi connectivity index (χ2v) is 6.64. The molecule has 3 rings (SSSR count). The van der Waals surface area contributed by atoms with Gasteiger partial charge in [0.15, 0.2) is 11.5 Å². The van der Waals surface area contributed by atoms with Crippen molar-refractivity contribution in [3.63, 3.8) is 0 Å². The molecule has 2 aliphatic rings. The standard InChI is InChI=1S/C15H19BrO3/c1-15(4-2-3-5-15)14(17)10-8-12-13(9-11(10)16)19-7-6-18-12/h8-9,14,17H,2-7H2,1H3. The molecule has 1 unspecified atom stereocenters. The Kier molecular flexibility index (Phi) is 3.48. The lowest BCUT2D eigenvalue weighted by Crippen LogP contribution is -2.23. The fraction of sp³-hybridized carbons (Fsp3) is 0.600. The highest BCUT2D eigenvalue weighted by Gasteiger charge is 2.38. The first-order valence-electron chi connectivity index (χ1n) is 6.87. The van der Waals surface area contributed by atoms with Crippen LogP contribution in [-0.2, 0) is 0 Å². The number of ether oxygens (including phenoxy) is 2. The van der Waals surface area contributed by atoms with Gasteiger partial charge < -0.3 is 14.6 Å². The van der Waals surface area contributed by atoms with Gasteiger partial charge in [-0.1, -0.05) is 35.7 Å². The summed E-state index contributed by atoms with van der Waals surface area (Å²) in [7, 11) is 0. The average molecular weight is 327 g/mol. The molecule has 4 heteroatoms. The Morgan fingerprint density at radius 2 is 1.74 bits per heavy atom. The zero-order chi connectivity index (χ0) is 13.5. The van der Waals surface area contributed by atoms with E-state index in [9.17, 15) is 5.11 Å². The maximum absolute atomic E-state index is 10.7. The molecule has 1 aromatic carbocycles. The lowest BCUT2D eigenvalue weighted by atomic mass is 9.79. The summed E-state index contributed by atoms with van der Waals surface area (Å²) in [5.74, 6) is 1.50. The van der Waals surface area contributed by atoms with Crippen LogP contribution in [0.2, 0.25) is 0 Å². The Balaban J connectivity index is 1.95. The van der Waals surface area contributed by atoms with E-state index >= 15 is 0 Å². The molecule has 19 heavy (non-hydrogen) atoms. The van der Waals surface area contributed by atoms with Gasteiger partial charge in [0, 0.05) is 4.47 Å². The monoisotopic (exact) mass is 326 g/mol. The molecule has 0 spiro atoms. The number of aliphatic hydroxyl groups excluding tert-OH is 1. The first-order chi connectivity index (χ1) is 9.10. The summed E-state index contributed by atoms with van der Waals surface area (Å²) in [6.07, 6.45) is 4.11. The quantitative estimate of drug-likeness (QED) is 0.897. The van der Waals surface area contributed by atoms with E-state index < -0.39 is 6.10 Å². The van der Waals surface area contributed by atoms with Crippen molar-refractivity contribution in [2.45, 2.75) is 38.7 Å². The second-order valence-electron chi connectivity index (χ2n) is 5.78. The molecular formula is C15H19BrO3. The fourth-order valence-corrected chi connectivity index (χ4v) is 3.66. The number of rotatable bonds is 2. The van der Waals surface area contributed by atoms with E-state index in [0.717, 1.165) is 34.4 Å². The molecule has 1 aliphatic heterocycles. The summed E-state index contributed by atoms with van der Waals surface area (Å²) in [5, 5.41) is 10.7. The second kappa shape index (κ2) is 4.98. The molecule has 0 radical (unpaired) electrons. The van der Waals surface area contributed by atoms with Crippen LogP contribution in [0.5, 0.6) is 11.5 Å². The molecule has 0 bridgehead atoms. The van der Waals surface area contributed by atoms with Gasteiger partial charge in [0.1, 0.15) is 13.2 Å². The maximum atomic E-state index is 10.7. The summed E-state index contributed by atoms with van der Waals surface area (Å²) in [4.78, 5) is 0. The zero-order valence-corrected chi connectivity index (χ0v) is 12.7. The molecule has 0 saturated heterocycles. The molecular weight excluding hydrogens is 308 g/mol. The van der Waals surface area contributed by atoms with Crippen molar-refractivity contribution < 1.29 is 14.6 Å². The Morgan fingerprint density at radius 3 is 2.37 bits per heavy atom. The van der Waals surface area contributed by atoms with Crippen molar-refractivity contribution in [1.82, 2.24) is 0 Å². The minimum absolute atomic E-state index is 0.0215. The molecule has 1 fully saturated rings. The van der Waals surface area contributed by atoms with Gasteiger partial charge in [-0.15, -0.1) is 0 Å². The predicted molar refractivity (Wildman–Crippen MR) is 76.7 cm³/mol. The van der Waals surface area contributed by atoms with Gasteiger partial charge in [-0.2, -0.15) is 0 Å². The van der Waals surface area contributed by atoms with Crippen LogP contribution in [0, 0.1) is 5.41 Å². The molecule has 3 nitrogen and oxygen atoms in total. The number of hydrogen-bond acceptors (Lipinski definition) is 3. The van der Waals surface area contributed by atoms with Gasteiger partial charge in [-0.3, -0.25) is 0 Å². The number of benzene rings is 1. The van der Waals surface area contributed by atoms with E-state index in [-0.39, 0.29) is 5.41 Å². The number of aliphatic hydroxyl groups is 1. The highest BCUT2D eigenvalue weighted by molar-refractivity contribution is 9.10. The van der Waals surface area contributed by atoms with Crippen molar-refractivity contribution in [2.75, 3.05) is 13.2 Å². The van der Waals surface area contributed by atoms with E-state index in [4.69, 9.17) is 9.47 Å². The molecule has 1 aromatic rings. The highest BCUT2D eigenvalue weighted by Crippen LogP contribution is 2.50. The zero-order valence-electron chi connectivity index (χ0n) is 11.1. The molecule has 1 heterocycles. The SMILES string of the molecule is CC1(C(O)c2cc3c(cc2Br)OCCO3)CCCC1. The summed E-state index contributed by atoms with van der Waals surface area (Å²) >= 11 is 3.55. The number of fused-ring (bicyclic) bond motifs is 1. The third kappa shape index (κ3) is 2.36. The van der Waals surface area contributed by atoms with Crippen LogP contribution in [0.3, 0.4) is 0 Å². The van der Waals surface area contributed by atoms with E-state index in [1.807, 2.05) is 12.1 Å². The molecule has 1 saturated carbocycles. The fourth-order valence-electron chi connectivity index (χ4n) is 3.12. The molecule has 1 N–H and O–H groups in total. The minimum Gasteiger partial charge on any atom is -0.486 e. The van der Waals surface area contributed by atoms with Crippen molar-refractivity contribution in [3.8, 4) is 11.5 Å². The highest BCUT2D eigenvalue weighted by atomic mass is 79.9. The Labute approximate surface area is 122 Å². The van der Waals surface area contributed by atoms with Gasteiger partial charge in [-0.05, 0) is 36.0 Å². The van der Waals surface area contributed by atoms with E-state index in [1.165, 1.54) is 12.8 Å². The normalized spacial score (nSPS) is 22.3. The predicted octanol–water partition coefficient (Wildman–Crippen LogP) is 3.83. The Morgan fingerprint density at radius 1 is 1.16 bits per heavy atom. The van der Waals surface area contributed by atoms with Gasteiger partial charge in [-0.25, -0.2) is 0 Å².